The van der Waals surface area contributed by atoms with Gasteiger partial charge in [0, 0.05) is 17.6 Å². The molecule has 1 heterocycles. The molecule has 3 rings (SSSR count). The summed E-state index contributed by atoms with van der Waals surface area (Å²) in [5.74, 6) is 1.25. The number of nitrogens with zero attached hydrogens (tertiary/aromatic N) is 2. The molecular formula is C23H26N4O2. The van der Waals surface area contributed by atoms with Crippen molar-refractivity contribution in [3.63, 3.8) is 0 Å². The van der Waals surface area contributed by atoms with E-state index in [1.54, 1.807) is 37.4 Å². The molecule has 1 aromatic heterocycles. The first kappa shape index (κ1) is 20.3. The predicted octanol–water partition coefficient (Wildman–Crippen LogP) is 5.57. The average molecular weight is 390 g/mol. The van der Waals surface area contributed by atoms with Crippen molar-refractivity contribution in [2.75, 3.05) is 17.2 Å². The number of aromatic nitrogens is 2. The summed E-state index contributed by atoms with van der Waals surface area (Å²) in [4.78, 5) is 20.6. The van der Waals surface area contributed by atoms with Gasteiger partial charge in [-0.15, -0.1) is 0 Å². The maximum atomic E-state index is 11.8. The highest BCUT2D eigenvalue weighted by Crippen LogP contribution is 2.30. The Labute approximate surface area is 171 Å². The molecule has 6 heteroatoms. The van der Waals surface area contributed by atoms with Crippen molar-refractivity contribution < 1.29 is 9.53 Å². The maximum absolute atomic E-state index is 11.8. The summed E-state index contributed by atoms with van der Waals surface area (Å²) in [6.45, 7) is 8.57. The molecule has 0 amide bonds. The molecule has 0 aliphatic heterocycles. The molecule has 0 aliphatic carbocycles. The van der Waals surface area contributed by atoms with Crippen molar-refractivity contribution >= 4 is 29.1 Å². The summed E-state index contributed by atoms with van der Waals surface area (Å²) in [5.41, 5.74) is 4.78. The fraction of sp³-hybridized carbons (Fsp3) is 0.261. The Bertz CT molecular complexity index is 984. The number of para-hydroxylation sites is 1. The largest absolute Gasteiger partial charge is 0.462 e. The fourth-order valence-corrected chi connectivity index (χ4v) is 2.99. The first-order valence-corrected chi connectivity index (χ1v) is 9.71. The molecule has 0 unspecified atom stereocenters. The van der Waals surface area contributed by atoms with Gasteiger partial charge in [0.1, 0.15) is 5.82 Å². The summed E-state index contributed by atoms with van der Waals surface area (Å²) in [7, 11) is 0. The van der Waals surface area contributed by atoms with Crippen LogP contribution in [0.1, 0.15) is 48.2 Å². The highest BCUT2D eigenvalue weighted by Gasteiger charge is 2.11. The molecule has 6 nitrogen and oxygen atoms in total. The van der Waals surface area contributed by atoms with Crippen molar-refractivity contribution in [2.24, 2.45) is 0 Å². The van der Waals surface area contributed by atoms with E-state index in [1.807, 2.05) is 6.07 Å². The molecule has 0 spiro atoms. The third-order valence-electron chi connectivity index (χ3n) is 4.49. The van der Waals surface area contributed by atoms with Crippen molar-refractivity contribution in [1.82, 2.24) is 9.97 Å². The molecule has 29 heavy (non-hydrogen) atoms. The number of hydrogen-bond acceptors (Lipinski definition) is 6. The number of carbonyl (C=O) groups is 1. The Kier molecular flexibility index (Phi) is 6.44. The third-order valence-corrected chi connectivity index (χ3v) is 4.49. The predicted molar refractivity (Wildman–Crippen MR) is 116 cm³/mol. The SMILES string of the molecule is CCOC(=O)c1ccc(Nc2nccc(Nc3c(C)cccc3C(C)C)n2)cc1. The number of ether oxygens (including phenoxy) is 1. The number of nitrogens with one attached hydrogen (secondary N) is 2. The van der Waals surface area contributed by atoms with E-state index in [0.29, 0.717) is 29.9 Å². The van der Waals surface area contributed by atoms with Crippen LogP contribution in [0.2, 0.25) is 0 Å². The van der Waals surface area contributed by atoms with Crippen LogP contribution in [0.4, 0.5) is 23.1 Å². The van der Waals surface area contributed by atoms with E-state index in [4.69, 9.17) is 4.74 Å². The van der Waals surface area contributed by atoms with Gasteiger partial charge in [-0.1, -0.05) is 32.0 Å². The monoisotopic (exact) mass is 390 g/mol. The molecule has 0 bridgehead atoms. The molecule has 0 aliphatic rings. The number of hydrogen-bond donors (Lipinski definition) is 2. The second kappa shape index (κ2) is 9.19. The first-order chi connectivity index (χ1) is 14.0. The van der Waals surface area contributed by atoms with Gasteiger partial charge in [0.2, 0.25) is 5.95 Å². The highest BCUT2D eigenvalue weighted by molar-refractivity contribution is 5.89. The van der Waals surface area contributed by atoms with Gasteiger partial charge in [-0.3, -0.25) is 0 Å². The zero-order chi connectivity index (χ0) is 20.8. The third kappa shape index (κ3) is 5.10. The number of rotatable bonds is 7. The molecular weight excluding hydrogens is 364 g/mol. The Balaban J connectivity index is 1.76. The molecule has 0 radical (unpaired) electrons. The van der Waals surface area contributed by atoms with Gasteiger partial charge in [0.15, 0.2) is 0 Å². The molecule has 2 aromatic carbocycles. The van der Waals surface area contributed by atoms with E-state index >= 15 is 0 Å². The first-order valence-electron chi connectivity index (χ1n) is 9.71. The van der Waals surface area contributed by atoms with Crippen LogP contribution >= 0.6 is 0 Å². The van der Waals surface area contributed by atoms with E-state index in [1.165, 1.54) is 11.1 Å². The quantitative estimate of drug-likeness (QED) is 0.514. The Hall–Kier alpha value is -3.41. The molecule has 0 fully saturated rings. The molecule has 3 aromatic rings. The molecule has 2 N–H and O–H groups in total. The van der Waals surface area contributed by atoms with Crippen LogP contribution in [0.15, 0.2) is 54.7 Å². The number of anilines is 4. The van der Waals surface area contributed by atoms with Gasteiger partial charge >= 0.3 is 5.97 Å². The van der Waals surface area contributed by atoms with Crippen LogP contribution in [0.5, 0.6) is 0 Å². The van der Waals surface area contributed by atoms with E-state index in [-0.39, 0.29) is 5.97 Å². The normalized spacial score (nSPS) is 10.7. The lowest BCUT2D eigenvalue weighted by molar-refractivity contribution is 0.0526. The minimum absolute atomic E-state index is 0.333. The summed E-state index contributed by atoms with van der Waals surface area (Å²) in [6, 6.07) is 15.1. The lowest BCUT2D eigenvalue weighted by Crippen LogP contribution is -2.05. The van der Waals surface area contributed by atoms with Crippen molar-refractivity contribution in [2.45, 2.75) is 33.6 Å². The van der Waals surface area contributed by atoms with Crippen LogP contribution in [0.3, 0.4) is 0 Å². The lowest BCUT2D eigenvalue weighted by atomic mass is 9.98. The van der Waals surface area contributed by atoms with Crippen LogP contribution < -0.4 is 10.6 Å². The summed E-state index contributed by atoms with van der Waals surface area (Å²) < 4.78 is 5.00. The second-order valence-electron chi connectivity index (χ2n) is 7.01. The van der Waals surface area contributed by atoms with E-state index < -0.39 is 0 Å². The number of carbonyl (C=O) groups excluding carboxylic acids is 1. The van der Waals surface area contributed by atoms with Crippen molar-refractivity contribution in [3.05, 3.63) is 71.4 Å². The Morgan fingerprint density at radius 3 is 2.52 bits per heavy atom. The van der Waals surface area contributed by atoms with Crippen LogP contribution in [0.25, 0.3) is 0 Å². The van der Waals surface area contributed by atoms with Gasteiger partial charge in [-0.25, -0.2) is 9.78 Å². The van der Waals surface area contributed by atoms with Crippen LogP contribution in [0, 0.1) is 6.92 Å². The van der Waals surface area contributed by atoms with E-state index in [2.05, 4.69) is 59.6 Å². The minimum atomic E-state index is -0.333. The molecule has 150 valence electrons. The molecule has 0 atom stereocenters. The van der Waals surface area contributed by atoms with Crippen LogP contribution in [-0.2, 0) is 4.74 Å². The van der Waals surface area contributed by atoms with Crippen LogP contribution in [-0.4, -0.2) is 22.5 Å². The lowest BCUT2D eigenvalue weighted by Gasteiger charge is -2.17. The summed E-state index contributed by atoms with van der Waals surface area (Å²) in [5, 5.41) is 6.60. The van der Waals surface area contributed by atoms with Gasteiger partial charge in [0.25, 0.3) is 0 Å². The average Bonchev–Trinajstić information content (AvgIpc) is 2.70. The van der Waals surface area contributed by atoms with Crippen molar-refractivity contribution in [3.8, 4) is 0 Å². The van der Waals surface area contributed by atoms with Crippen molar-refractivity contribution in [1.29, 1.82) is 0 Å². The topological polar surface area (TPSA) is 76.1 Å². The standard InChI is InChI=1S/C23H26N4O2/c1-5-29-22(28)17-9-11-18(12-10-17)25-23-24-14-13-20(27-23)26-21-16(4)7-6-8-19(21)15(2)3/h6-15H,5H2,1-4H3,(H2,24,25,26,27). The zero-order valence-corrected chi connectivity index (χ0v) is 17.2. The van der Waals surface area contributed by atoms with E-state index in [9.17, 15) is 4.79 Å². The second-order valence-corrected chi connectivity index (χ2v) is 7.01. The van der Waals surface area contributed by atoms with Gasteiger partial charge in [0.05, 0.1) is 12.2 Å². The van der Waals surface area contributed by atoms with Gasteiger partial charge in [-0.2, -0.15) is 4.98 Å². The van der Waals surface area contributed by atoms with Gasteiger partial charge < -0.3 is 15.4 Å². The maximum Gasteiger partial charge on any atom is 0.338 e. The molecule has 0 saturated heterocycles. The Morgan fingerprint density at radius 1 is 1.07 bits per heavy atom. The fourth-order valence-electron chi connectivity index (χ4n) is 2.99. The smallest absolute Gasteiger partial charge is 0.338 e. The number of benzene rings is 2. The highest BCUT2D eigenvalue weighted by atomic mass is 16.5. The molecule has 0 saturated carbocycles. The number of esters is 1. The number of aryl methyl sites for hydroxylation is 1. The van der Waals surface area contributed by atoms with Gasteiger partial charge in [-0.05, 0) is 61.2 Å². The summed E-state index contributed by atoms with van der Waals surface area (Å²) >= 11 is 0. The zero-order valence-electron chi connectivity index (χ0n) is 17.2. The minimum Gasteiger partial charge on any atom is -0.462 e. The van der Waals surface area contributed by atoms with E-state index in [0.717, 1.165) is 11.4 Å². The Morgan fingerprint density at radius 2 is 1.83 bits per heavy atom. The summed E-state index contributed by atoms with van der Waals surface area (Å²) in [6.07, 6.45) is 1.71.